The molecule has 1 aliphatic rings. The van der Waals surface area contributed by atoms with Gasteiger partial charge < -0.3 is 10.6 Å². The predicted octanol–water partition coefficient (Wildman–Crippen LogP) is 1.80. The summed E-state index contributed by atoms with van der Waals surface area (Å²) in [6.45, 7) is 4.23. The van der Waals surface area contributed by atoms with Gasteiger partial charge in [0.05, 0.1) is 11.5 Å². The molecule has 2 rings (SSSR count). The Morgan fingerprint density at radius 2 is 2.00 bits per heavy atom. The first-order valence-electron chi connectivity index (χ1n) is 7.18. The topological polar surface area (TPSA) is 63.4 Å². The first kappa shape index (κ1) is 16.0. The number of Topliss-reactive ketones (excluding diaryl/α,β-unsaturated/α-hetero) is 1. The molecule has 0 saturated carbocycles. The van der Waals surface area contributed by atoms with Gasteiger partial charge in [-0.25, -0.2) is 0 Å². The van der Waals surface area contributed by atoms with Gasteiger partial charge in [0, 0.05) is 18.7 Å². The van der Waals surface area contributed by atoms with Gasteiger partial charge in [0.2, 0.25) is 5.91 Å². The van der Waals surface area contributed by atoms with Gasteiger partial charge in [0.15, 0.2) is 5.78 Å². The molecule has 1 aromatic rings. The van der Waals surface area contributed by atoms with Crippen LogP contribution in [0, 0.1) is 5.41 Å². The summed E-state index contributed by atoms with van der Waals surface area (Å²) < 4.78 is 0. The Hall–Kier alpha value is -1.33. The Morgan fingerprint density at radius 3 is 2.62 bits per heavy atom. The van der Waals surface area contributed by atoms with Crippen molar-refractivity contribution in [1.29, 1.82) is 0 Å². The van der Waals surface area contributed by atoms with E-state index in [4.69, 9.17) is 5.73 Å². The number of thioether (sulfide) groups is 1. The number of benzene rings is 1. The quantitative estimate of drug-likeness (QED) is 0.814. The molecule has 1 fully saturated rings. The smallest absolute Gasteiger partial charge is 0.232 e. The molecular weight excluding hydrogens is 284 g/mol. The number of carbonyl (C=O) groups excluding carboxylic acids is 2. The zero-order chi connectivity index (χ0) is 15.3. The molecule has 5 heteroatoms. The maximum atomic E-state index is 12.1. The highest BCUT2D eigenvalue weighted by atomic mass is 32.2. The van der Waals surface area contributed by atoms with Crippen molar-refractivity contribution in [1.82, 2.24) is 4.90 Å². The van der Waals surface area contributed by atoms with Crippen LogP contribution in [0.4, 0.5) is 0 Å². The van der Waals surface area contributed by atoms with Crippen LogP contribution < -0.4 is 5.73 Å². The summed E-state index contributed by atoms with van der Waals surface area (Å²) in [6.07, 6.45) is 0.961. The molecule has 0 aromatic heterocycles. The number of ketones is 1. The summed E-state index contributed by atoms with van der Waals surface area (Å²) >= 11 is 1.39. The second kappa shape index (κ2) is 7.09. The number of carbonyl (C=O) groups is 2. The average molecular weight is 306 g/mol. The summed E-state index contributed by atoms with van der Waals surface area (Å²) in [5, 5.41) is 0. The summed E-state index contributed by atoms with van der Waals surface area (Å²) in [5.74, 6) is 0.886. The molecular formula is C16H22N2O2S. The number of nitrogens with two attached hydrogens (primary N) is 1. The maximum absolute atomic E-state index is 12.1. The van der Waals surface area contributed by atoms with Crippen molar-refractivity contribution >= 4 is 23.5 Å². The molecule has 0 aliphatic carbocycles. The third kappa shape index (κ3) is 4.32. The lowest BCUT2D eigenvalue weighted by molar-refractivity contribution is -0.127. The summed E-state index contributed by atoms with van der Waals surface area (Å²) in [6, 6.07) is 9.19. The highest BCUT2D eigenvalue weighted by molar-refractivity contribution is 8.00. The highest BCUT2D eigenvalue weighted by Crippen LogP contribution is 2.28. The van der Waals surface area contributed by atoms with Gasteiger partial charge in [-0.3, -0.25) is 9.59 Å². The Balaban J connectivity index is 1.74. The number of hydrogen-bond acceptors (Lipinski definition) is 4. The molecule has 1 heterocycles. The first-order valence-corrected chi connectivity index (χ1v) is 8.33. The van der Waals surface area contributed by atoms with Crippen molar-refractivity contribution < 1.29 is 9.59 Å². The van der Waals surface area contributed by atoms with Crippen LogP contribution in [-0.4, -0.2) is 47.7 Å². The highest BCUT2D eigenvalue weighted by Gasteiger charge is 2.34. The fourth-order valence-corrected chi connectivity index (χ4v) is 3.24. The predicted molar refractivity (Wildman–Crippen MR) is 86.5 cm³/mol. The molecule has 1 aliphatic heterocycles. The van der Waals surface area contributed by atoms with Gasteiger partial charge in [-0.15, -0.1) is 11.8 Å². The minimum Gasteiger partial charge on any atom is -0.341 e. The molecule has 0 bridgehead atoms. The standard InChI is InChI=1S/C16H22N2O2S/c1-16(11-17)7-8-18(12-16)15(20)10-21-9-14(19)13-5-3-2-4-6-13/h2-6H,7-12,17H2,1H3. The van der Waals surface area contributed by atoms with Crippen LogP contribution in [-0.2, 0) is 4.79 Å². The van der Waals surface area contributed by atoms with Gasteiger partial charge in [-0.05, 0) is 18.4 Å². The summed E-state index contributed by atoms with van der Waals surface area (Å²) in [5.41, 5.74) is 6.51. The normalized spacial score (nSPS) is 21.5. The van der Waals surface area contributed by atoms with Crippen LogP contribution in [0.15, 0.2) is 30.3 Å². The molecule has 0 radical (unpaired) electrons. The third-order valence-corrected chi connectivity index (χ3v) is 4.88. The van der Waals surface area contributed by atoms with Gasteiger partial charge >= 0.3 is 0 Å². The van der Waals surface area contributed by atoms with Crippen molar-refractivity contribution in [2.75, 3.05) is 31.1 Å². The molecule has 1 saturated heterocycles. The zero-order valence-electron chi connectivity index (χ0n) is 12.4. The molecule has 21 heavy (non-hydrogen) atoms. The molecule has 0 spiro atoms. The molecule has 4 nitrogen and oxygen atoms in total. The summed E-state index contributed by atoms with van der Waals surface area (Å²) in [4.78, 5) is 25.9. The van der Waals surface area contributed by atoms with E-state index >= 15 is 0 Å². The number of hydrogen-bond donors (Lipinski definition) is 1. The van der Waals surface area contributed by atoms with Crippen LogP contribution in [0.2, 0.25) is 0 Å². The van der Waals surface area contributed by atoms with E-state index in [0.717, 1.165) is 19.5 Å². The van der Waals surface area contributed by atoms with E-state index < -0.39 is 0 Å². The van der Waals surface area contributed by atoms with Crippen molar-refractivity contribution in [3.05, 3.63) is 35.9 Å². The second-order valence-corrected chi connectivity index (χ2v) is 6.85. The van der Waals surface area contributed by atoms with Crippen LogP contribution in [0.25, 0.3) is 0 Å². The van der Waals surface area contributed by atoms with E-state index in [0.29, 0.717) is 23.6 Å². The van der Waals surface area contributed by atoms with E-state index in [1.807, 2.05) is 23.1 Å². The Labute approximate surface area is 130 Å². The van der Waals surface area contributed by atoms with Crippen molar-refractivity contribution in [3.8, 4) is 0 Å². The summed E-state index contributed by atoms with van der Waals surface area (Å²) in [7, 11) is 0. The van der Waals surface area contributed by atoms with Crippen LogP contribution in [0.3, 0.4) is 0 Å². The monoisotopic (exact) mass is 306 g/mol. The van der Waals surface area contributed by atoms with E-state index in [2.05, 4.69) is 6.92 Å². The Morgan fingerprint density at radius 1 is 1.29 bits per heavy atom. The first-order chi connectivity index (χ1) is 10.0. The van der Waals surface area contributed by atoms with Crippen LogP contribution in [0.5, 0.6) is 0 Å². The lowest BCUT2D eigenvalue weighted by Crippen LogP contribution is -2.35. The third-order valence-electron chi connectivity index (χ3n) is 3.96. The number of nitrogens with zero attached hydrogens (tertiary/aromatic N) is 1. The fraction of sp³-hybridized carbons (Fsp3) is 0.500. The van der Waals surface area contributed by atoms with Crippen molar-refractivity contribution in [2.45, 2.75) is 13.3 Å². The van der Waals surface area contributed by atoms with Crippen LogP contribution in [0.1, 0.15) is 23.7 Å². The maximum Gasteiger partial charge on any atom is 0.232 e. The van der Waals surface area contributed by atoms with E-state index in [1.165, 1.54) is 11.8 Å². The molecule has 2 N–H and O–H groups in total. The minimum atomic E-state index is 0.0557. The van der Waals surface area contributed by atoms with Crippen molar-refractivity contribution in [2.24, 2.45) is 11.1 Å². The lowest BCUT2D eigenvalue weighted by Gasteiger charge is -2.22. The molecule has 1 aromatic carbocycles. The Bertz CT molecular complexity index is 506. The fourth-order valence-electron chi connectivity index (χ4n) is 2.43. The lowest BCUT2D eigenvalue weighted by atomic mass is 9.90. The second-order valence-electron chi connectivity index (χ2n) is 5.86. The largest absolute Gasteiger partial charge is 0.341 e. The van der Waals surface area contributed by atoms with E-state index in [-0.39, 0.29) is 17.1 Å². The van der Waals surface area contributed by atoms with Crippen LogP contribution >= 0.6 is 11.8 Å². The minimum absolute atomic E-state index is 0.0557. The number of rotatable bonds is 6. The molecule has 1 atom stereocenters. The SMILES string of the molecule is CC1(CN)CCN(C(=O)CSCC(=O)c2ccccc2)C1. The van der Waals surface area contributed by atoms with Gasteiger partial charge in [-0.2, -0.15) is 0 Å². The molecule has 1 unspecified atom stereocenters. The molecule has 1 amide bonds. The Kier molecular flexibility index (Phi) is 5.42. The van der Waals surface area contributed by atoms with Gasteiger partial charge in [0.1, 0.15) is 0 Å². The number of likely N-dealkylation sites (tertiary alicyclic amines) is 1. The zero-order valence-corrected chi connectivity index (χ0v) is 13.2. The molecule has 114 valence electrons. The van der Waals surface area contributed by atoms with E-state index in [1.54, 1.807) is 12.1 Å². The van der Waals surface area contributed by atoms with Crippen molar-refractivity contribution in [3.63, 3.8) is 0 Å². The van der Waals surface area contributed by atoms with E-state index in [9.17, 15) is 9.59 Å². The van der Waals surface area contributed by atoms with Gasteiger partial charge in [-0.1, -0.05) is 37.3 Å². The average Bonchev–Trinajstić information content (AvgIpc) is 2.91. The van der Waals surface area contributed by atoms with Gasteiger partial charge in [0.25, 0.3) is 0 Å². The number of amides is 1.